The Labute approximate surface area is 161 Å². The molecule has 1 aliphatic rings. The Morgan fingerprint density at radius 1 is 1.18 bits per heavy atom. The number of hydrogen-bond donors (Lipinski definition) is 1. The average molecular weight is 380 g/mol. The minimum Gasteiger partial charge on any atom is -0.422 e. The topological polar surface area (TPSA) is 62.6 Å². The van der Waals surface area contributed by atoms with E-state index in [1.807, 2.05) is 12.1 Å². The fourth-order valence-electron chi connectivity index (χ4n) is 3.67. The fourth-order valence-corrected chi connectivity index (χ4v) is 3.67. The maximum absolute atomic E-state index is 13.9. The maximum Gasteiger partial charge on any atom is 0.349 e. The van der Waals surface area contributed by atoms with Gasteiger partial charge in [0, 0.05) is 30.1 Å². The zero-order chi connectivity index (χ0) is 19.5. The zero-order valence-corrected chi connectivity index (χ0v) is 15.4. The third-order valence-corrected chi connectivity index (χ3v) is 5.08. The van der Waals surface area contributed by atoms with Crippen molar-refractivity contribution in [1.29, 1.82) is 0 Å². The molecule has 4 rings (SSSR count). The minimum absolute atomic E-state index is 0.00456. The van der Waals surface area contributed by atoms with Crippen LogP contribution in [0.4, 0.5) is 4.39 Å². The number of para-hydroxylation sites is 1. The Morgan fingerprint density at radius 2 is 1.96 bits per heavy atom. The maximum atomic E-state index is 13.9. The van der Waals surface area contributed by atoms with E-state index in [0.29, 0.717) is 29.6 Å². The number of fused-ring (bicyclic) bond motifs is 1. The van der Waals surface area contributed by atoms with E-state index in [2.05, 4.69) is 10.2 Å². The zero-order valence-electron chi connectivity index (χ0n) is 15.4. The van der Waals surface area contributed by atoms with Crippen molar-refractivity contribution in [2.75, 3.05) is 13.1 Å². The molecule has 1 fully saturated rings. The predicted octanol–water partition coefficient (Wildman–Crippen LogP) is 3.33. The van der Waals surface area contributed by atoms with Gasteiger partial charge in [0.05, 0.1) is 0 Å². The van der Waals surface area contributed by atoms with Crippen LogP contribution in [0.2, 0.25) is 0 Å². The number of nitrogens with one attached hydrogen (secondary N) is 1. The summed E-state index contributed by atoms with van der Waals surface area (Å²) in [6.07, 6.45) is 1.71. The number of rotatable bonds is 4. The van der Waals surface area contributed by atoms with Crippen LogP contribution in [0.25, 0.3) is 11.0 Å². The molecular weight excluding hydrogens is 359 g/mol. The molecule has 3 aromatic rings. The van der Waals surface area contributed by atoms with Crippen molar-refractivity contribution < 1.29 is 13.6 Å². The molecule has 1 aliphatic heterocycles. The highest BCUT2D eigenvalue weighted by atomic mass is 19.1. The molecule has 0 saturated carbocycles. The molecule has 1 N–H and O–H groups in total. The molecule has 6 heteroatoms. The van der Waals surface area contributed by atoms with Crippen LogP contribution < -0.4 is 10.9 Å². The van der Waals surface area contributed by atoms with Crippen molar-refractivity contribution in [3.63, 3.8) is 0 Å². The van der Waals surface area contributed by atoms with E-state index >= 15 is 0 Å². The van der Waals surface area contributed by atoms with Crippen molar-refractivity contribution in [3.8, 4) is 0 Å². The van der Waals surface area contributed by atoms with Crippen LogP contribution in [0.5, 0.6) is 0 Å². The minimum atomic E-state index is -0.643. The van der Waals surface area contributed by atoms with Crippen molar-refractivity contribution in [2.45, 2.75) is 25.4 Å². The van der Waals surface area contributed by atoms with Gasteiger partial charge in [0.1, 0.15) is 17.0 Å². The Hall–Kier alpha value is -2.99. The molecule has 0 aliphatic carbocycles. The molecule has 0 bridgehead atoms. The molecule has 5 nitrogen and oxygen atoms in total. The van der Waals surface area contributed by atoms with Crippen molar-refractivity contribution in [2.24, 2.45) is 0 Å². The molecule has 2 heterocycles. The van der Waals surface area contributed by atoms with Crippen LogP contribution in [0.1, 0.15) is 28.8 Å². The molecule has 0 spiro atoms. The summed E-state index contributed by atoms with van der Waals surface area (Å²) in [5, 5.41) is 3.64. The van der Waals surface area contributed by atoms with Gasteiger partial charge >= 0.3 is 5.63 Å². The van der Waals surface area contributed by atoms with E-state index in [1.54, 1.807) is 36.4 Å². The van der Waals surface area contributed by atoms with Gasteiger partial charge in [0.25, 0.3) is 5.91 Å². The highest BCUT2D eigenvalue weighted by Crippen LogP contribution is 2.17. The van der Waals surface area contributed by atoms with Crippen LogP contribution in [-0.2, 0) is 6.54 Å². The summed E-state index contributed by atoms with van der Waals surface area (Å²) in [5.41, 5.74) is 0.461. The smallest absolute Gasteiger partial charge is 0.349 e. The number of halogens is 1. The van der Waals surface area contributed by atoms with E-state index in [0.717, 1.165) is 19.4 Å². The first-order valence-corrected chi connectivity index (χ1v) is 9.39. The van der Waals surface area contributed by atoms with Gasteiger partial charge < -0.3 is 9.73 Å². The predicted molar refractivity (Wildman–Crippen MR) is 105 cm³/mol. The van der Waals surface area contributed by atoms with E-state index in [9.17, 15) is 14.0 Å². The quantitative estimate of drug-likeness (QED) is 0.706. The number of benzene rings is 2. The van der Waals surface area contributed by atoms with E-state index in [-0.39, 0.29) is 17.4 Å². The normalized spacial score (nSPS) is 17.5. The molecule has 1 atom stereocenters. The lowest BCUT2D eigenvalue weighted by Gasteiger charge is -2.33. The Morgan fingerprint density at radius 3 is 2.82 bits per heavy atom. The van der Waals surface area contributed by atoms with Gasteiger partial charge in [0.2, 0.25) is 0 Å². The molecule has 0 radical (unpaired) electrons. The third kappa shape index (κ3) is 3.97. The van der Waals surface area contributed by atoms with Crippen molar-refractivity contribution in [3.05, 3.63) is 82.0 Å². The number of carbonyl (C=O) groups is 1. The second-order valence-electron chi connectivity index (χ2n) is 7.12. The highest BCUT2D eigenvalue weighted by Gasteiger charge is 2.24. The second-order valence-corrected chi connectivity index (χ2v) is 7.12. The number of carbonyl (C=O) groups excluding carboxylic acids is 1. The van der Waals surface area contributed by atoms with Crippen LogP contribution in [0.3, 0.4) is 0 Å². The molecule has 1 aromatic heterocycles. The summed E-state index contributed by atoms with van der Waals surface area (Å²) in [4.78, 5) is 26.9. The summed E-state index contributed by atoms with van der Waals surface area (Å²) >= 11 is 0. The van der Waals surface area contributed by atoms with Crippen molar-refractivity contribution in [1.82, 2.24) is 10.2 Å². The fraction of sp³-hybridized carbons (Fsp3) is 0.273. The summed E-state index contributed by atoms with van der Waals surface area (Å²) in [6, 6.07) is 15.3. The first kappa shape index (κ1) is 18.4. The highest BCUT2D eigenvalue weighted by molar-refractivity contribution is 5.96. The first-order chi connectivity index (χ1) is 13.6. The monoisotopic (exact) mass is 380 g/mol. The summed E-state index contributed by atoms with van der Waals surface area (Å²) in [6.45, 7) is 1.95. The van der Waals surface area contributed by atoms with Gasteiger partial charge in [-0.05, 0) is 37.6 Å². The summed E-state index contributed by atoms with van der Waals surface area (Å²) in [5.74, 6) is -0.653. The standard InChI is InChI=1S/C22H21FN2O3/c23-19-9-3-1-7-16(19)13-25-11-5-8-17(14-25)24-21(26)18-12-15-6-2-4-10-20(15)28-22(18)27/h1-4,6-7,9-10,12,17H,5,8,11,13-14H2,(H,24,26)/t17-/m0/s1. The molecule has 1 saturated heterocycles. The lowest BCUT2D eigenvalue weighted by molar-refractivity contribution is 0.0896. The number of nitrogens with zero attached hydrogens (tertiary/aromatic N) is 1. The van der Waals surface area contributed by atoms with Gasteiger partial charge in [0.15, 0.2) is 0 Å². The Kier molecular flexibility index (Phi) is 5.21. The third-order valence-electron chi connectivity index (χ3n) is 5.08. The van der Waals surface area contributed by atoms with E-state index in [1.165, 1.54) is 6.07 Å². The SMILES string of the molecule is O=C(N[C@H]1CCCN(Cc2ccccc2F)C1)c1cc2ccccc2oc1=O. The number of hydrogen-bond acceptors (Lipinski definition) is 4. The van der Waals surface area contributed by atoms with Gasteiger partial charge in [-0.1, -0.05) is 36.4 Å². The van der Waals surface area contributed by atoms with E-state index in [4.69, 9.17) is 4.42 Å². The molecule has 1 amide bonds. The summed E-state index contributed by atoms with van der Waals surface area (Å²) < 4.78 is 19.2. The number of piperidine rings is 1. The number of likely N-dealkylation sites (tertiary alicyclic amines) is 1. The van der Waals surface area contributed by atoms with Crippen molar-refractivity contribution >= 4 is 16.9 Å². The molecule has 0 unspecified atom stereocenters. The van der Waals surface area contributed by atoms with Crippen LogP contribution >= 0.6 is 0 Å². The van der Waals surface area contributed by atoms with Crippen LogP contribution in [-0.4, -0.2) is 29.9 Å². The largest absolute Gasteiger partial charge is 0.422 e. The first-order valence-electron chi connectivity index (χ1n) is 9.39. The molecule has 28 heavy (non-hydrogen) atoms. The average Bonchev–Trinajstić information content (AvgIpc) is 2.69. The van der Waals surface area contributed by atoms with Crippen LogP contribution in [0, 0.1) is 5.82 Å². The summed E-state index contributed by atoms with van der Waals surface area (Å²) in [7, 11) is 0. The van der Waals surface area contributed by atoms with Gasteiger partial charge in [-0.15, -0.1) is 0 Å². The van der Waals surface area contributed by atoms with Gasteiger partial charge in [-0.3, -0.25) is 9.69 Å². The second kappa shape index (κ2) is 7.94. The molecule has 2 aromatic carbocycles. The molecule has 144 valence electrons. The van der Waals surface area contributed by atoms with Crippen LogP contribution in [0.15, 0.2) is 63.8 Å². The lowest BCUT2D eigenvalue weighted by atomic mass is 10.0. The Balaban J connectivity index is 1.45. The van der Waals surface area contributed by atoms with Gasteiger partial charge in [-0.2, -0.15) is 0 Å². The Bertz CT molecular complexity index is 1060. The number of amides is 1. The molecular formula is C22H21FN2O3. The van der Waals surface area contributed by atoms with Gasteiger partial charge in [-0.25, -0.2) is 9.18 Å². The lowest BCUT2D eigenvalue weighted by Crippen LogP contribution is -2.48. The van der Waals surface area contributed by atoms with E-state index < -0.39 is 11.5 Å².